The van der Waals surface area contributed by atoms with E-state index in [9.17, 15) is 9.90 Å². The van der Waals surface area contributed by atoms with Crippen LogP contribution in [-0.4, -0.2) is 34.5 Å². The Morgan fingerprint density at radius 2 is 2.45 bits per heavy atom. The quantitative estimate of drug-likeness (QED) is 0.528. The highest BCUT2D eigenvalue weighted by Crippen LogP contribution is 2.23. The second-order valence-corrected chi connectivity index (χ2v) is 3.23. The fraction of sp³-hybridized carbons (Fsp3) is 0.625. The van der Waals surface area contributed by atoms with Crippen molar-refractivity contribution in [2.75, 3.05) is 6.54 Å². The number of hydrogen-bond acceptors (Lipinski definition) is 3. The Kier molecular flexibility index (Phi) is 1.46. The third-order valence-corrected chi connectivity index (χ3v) is 2.32. The summed E-state index contributed by atoms with van der Waals surface area (Å²) >= 11 is 0. The maximum Gasteiger partial charge on any atom is 0.159 e. The van der Waals surface area contributed by atoms with Crippen LogP contribution in [0, 0.1) is 0 Å². The van der Waals surface area contributed by atoms with E-state index in [1.807, 2.05) is 4.90 Å². The normalized spacial score (nSPS) is 36.1. The molecule has 2 aliphatic heterocycles. The number of nitrogens with zero attached hydrogens (tertiary/aromatic N) is 1. The molecule has 0 bridgehead atoms. The molecule has 2 aliphatic rings. The van der Waals surface area contributed by atoms with Gasteiger partial charge in [0.25, 0.3) is 0 Å². The standard InChI is InChI=1S/C8H11NO2/c10-7-1-2-9-5-8(11)4-6(9)3-7/h1-2,6,8,11H,3-5H2/t6?,8-/m1/s1. The first-order chi connectivity index (χ1) is 5.25. The average molecular weight is 153 g/mol. The molecule has 60 valence electrons. The summed E-state index contributed by atoms with van der Waals surface area (Å²) in [6, 6.07) is 0.266. The number of ketones is 1. The summed E-state index contributed by atoms with van der Waals surface area (Å²) in [6.07, 6.45) is 4.47. The van der Waals surface area contributed by atoms with Crippen molar-refractivity contribution in [3.8, 4) is 0 Å². The van der Waals surface area contributed by atoms with Crippen molar-refractivity contribution in [3.05, 3.63) is 12.3 Å². The van der Waals surface area contributed by atoms with E-state index < -0.39 is 0 Å². The van der Waals surface area contributed by atoms with Crippen LogP contribution in [-0.2, 0) is 4.79 Å². The minimum absolute atomic E-state index is 0.181. The zero-order valence-electron chi connectivity index (χ0n) is 6.23. The molecule has 11 heavy (non-hydrogen) atoms. The van der Waals surface area contributed by atoms with Crippen molar-refractivity contribution in [1.29, 1.82) is 0 Å². The van der Waals surface area contributed by atoms with Crippen molar-refractivity contribution in [1.82, 2.24) is 4.90 Å². The molecule has 0 spiro atoms. The second-order valence-electron chi connectivity index (χ2n) is 3.23. The molecular formula is C8H11NO2. The Balaban J connectivity index is 2.13. The van der Waals surface area contributed by atoms with Gasteiger partial charge < -0.3 is 10.0 Å². The summed E-state index contributed by atoms with van der Waals surface area (Å²) in [5, 5.41) is 9.26. The fourth-order valence-corrected chi connectivity index (χ4v) is 1.78. The largest absolute Gasteiger partial charge is 0.391 e. The molecule has 0 aromatic rings. The van der Waals surface area contributed by atoms with Crippen LogP contribution in [0.25, 0.3) is 0 Å². The lowest BCUT2D eigenvalue weighted by atomic mass is 10.1. The zero-order chi connectivity index (χ0) is 7.84. The van der Waals surface area contributed by atoms with E-state index in [0.29, 0.717) is 13.0 Å². The van der Waals surface area contributed by atoms with Crippen LogP contribution in [0.1, 0.15) is 12.8 Å². The van der Waals surface area contributed by atoms with Gasteiger partial charge in [-0.15, -0.1) is 0 Å². The van der Waals surface area contributed by atoms with Gasteiger partial charge in [0.05, 0.1) is 6.10 Å². The summed E-state index contributed by atoms with van der Waals surface area (Å²) in [6.45, 7) is 0.689. The first kappa shape index (κ1) is 6.85. The van der Waals surface area contributed by atoms with Gasteiger partial charge in [-0.1, -0.05) is 0 Å². The molecule has 2 rings (SSSR count). The molecule has 0 aliphatic carbocycles. The van der Waals surface area contributed by atoms with Crippen molar-refractivity contribution >= 4 is 5.78 Å². The molecule has 0 aromatic carbocycles. The van der Waals surface area contributed by atoms with Gasteiger partial charge >= 0.3 is 0 Å². The molecule has 1 saturated heterocycles. The summed E-state index contributed by atoms with van der Waals surface area (Å²) in [4.78, 5) is 13.0. The van der Waals surface area contributed by atoms with Gasteiger partial charge in [0.2, 0.25) is 0 Å². The minimum atomic E-state index is -0.240. The van der Waals surface area contributed by atoms with E-state index in [-0.39, 0.29) is 17.9 Å². The van der Waals surface area contributed by atoms with Crippen LogP contribution in [0.5, 0.6) is 0 Å². The number of aliphatic hydroxyl groups excluding tert-OH is 1. The number of aliphatic hydroxyl groups is 1. The smallest absolute Gasteiger partial charge is 0.159 e. The molecule has 1 fully saturated rings. The molecule has 1 N–H and O–H groups in total. The number of allylic oxidation sites excluding steroid dienone is 1. The van der Waals surface area contributed by atoms with Crippen molar-refractivity contribution in [3.63, 3.8) is 0 Å². The first-order valence-corrected chi connectivity index (χ1v) is 3.90. The lowest BCUT2D eigenvalue weighted by Gasteiger charge is -2.24. The molecule has 1 unspecified atom stereocenters. The SMILES string of the molecule is O=C1C=CN2C[C@H](O)CC2C1. The summed E-state index contributed by atoms with van der Waals surface area (Å²) in [5.41, 5.74) is 0. The van der Waals surface area contributed by atoms with Crippen LogP contribution in [0.2, 0.25) is 0 Å². The van der Waals surface area contributed by atoms with Crippen LogP contribution in [0.15, 0.2) is 12.3 Å². The van der Waals surface area contributed by atoms with Crippen LogP contribution in [0.3, 0.4) is 0 Å². The van der Waals surface area contributed by atoms with Crippen molar-refractivity contribution in [2.45, 2.75) is 25.0 Å². The van der Waals surface area contributed by atoms with Gasteiger partial charge in [-0.25, -0.2) is 0 Å². The molecule has 2 heterocycles. The Bertz CT molecular complexity index is 212. The highest BCUT2D eigenvalue weighted by Gasteiger charge is 2.31. The molecule has 3 heteroatoms. The summed E-state index contributed by atoms with van der Waals surface area (Å²) in [5.74, 6) is 0.181. The lowest BCUT2D eigenvalue weighted by Crippen LogP contribution is -2.29. The van der Waals surface area contributed by atoms with Crippen LogP contribution >= 0.6 is 0 Å². The topological polar surface area (TPSA) is 40.5 Å². The van der Waals surface area contributed by atoms with Gasteiger partial charge in [-0.05, 0) is 12.5 Å². The number of hydrogen-bond donors (Lipinski definition) is 1. The highest BCUT2D eigenvalue weighted by molar-refractivity contribution is 5.90. The van der Waals surface area contributed by atoms with Gasteiger partial charge in [0.15, 0.2) is 5.78 Å². The van der Waals surface area contributed by atoms with Gasteiger partial charge in [-0.2, -0.15) is 0 Å². The van der Waals surface area contributed by atoms with Crippen molar-refractivity contribution in [2.24, 2.45) is 0 Å². The monoisotopic (exact) mass is 153 g/mol. The molecular weight excluding hydrogens is 142 g/mol. The number of carbonyl (C=O) groups is 1. The fourth-order valence-electron chi connectivity index (χ4n) is 1.78. The Hall–Kier alpha value is -0.830. The lowest BCUT2D eigenvalue weighted by molar-refractivity contribution is -0.116. The van der Waals surface area contributed by atoms with Gasteiger partial charge in [-0.3, -0.25) is 4.79 Å². The third-order valence-electron chi connectivity index (χ3n) is 2.32. The van der Waals surface area contributed by atoms with Crippen molar-refractivity contribution < 1.29 is 9.90 Å². The molecule has 3 nitrogen and oxygen atoms in total. The van der Waals surface area contributed by atoms with E-state index in [2.05, 4.69) is 0 Å². The predicted molar refractivity (Wildman–Crippen MR) is 39.9 cm³/mol. The average Bonchev–Trinajstić information content (AvgIpc) is 2.27. The number of fused-ring (bicyclic) bond motifs is 1. The van der Waals surface area contributed by atoms with Gasteiger partial charge in [0, 0.05) is 25.2 Å². The second kappa shape index (κ2) is 2.34. The third kappa shape index (κ3) is 1.16. The Morgan fingerprint density at radius 1 is 1.64 bits per heavy atom. The van der Waals surface area contributed by atoms with E-state index >= 15 is 0 Å². The summed E-state index contributed by atoms with van der Waals surface area (Å²) in [7, 11) is 0. The van der Waals surface area contributed by atoms with Gasteiger partial charge in [0.1, 0.15) is 0 Å². The molecule has 0 radical (unpaired) electrons. The number of carbonyl (C=O) groups excluding carboxylic acids is 1. The highest BCUT2D eigenvalue weighted by atomic mass is 16.3. The molecule has 0 amide bonds. The molecule has 0 aromatic heterocycles. The predicted octanol–water partition coefficient (Wildman–Crippen LogP) is -0.0919. The Morgan fingerprint density at radius 3 is 3.27 bits per heavy atom. The number of rotatable bonds is 0. The molecule has 2 atom stereocenters. The van der Waals surface area contributed by atoms with Crippen LogP contribution < -0.4 is 0 Å². The maximum atomic E-state index is 10.9. The molecule has 0 saturated carbocycles. The Labute approximate surface area is 65.3 Å². The maximum absolute atomic E-state index is 10.9. The van der Waals surface area contributed by atoms with E-state index in [1.165, 1.54) is 0 Å². The minimum Gasteiger partial charge on any atom is -0.391 e. The summed E-state index contributed by atoms with van der Waals surface area (Å²) < 4.78 is 0. The zero-order valence-corrected chi connectivity index (χ0v) is 6.23. The first-order valence-electron chi connectivity index (χ1n) is 3.90. The van der Waals surface area contributed by atoms with E-state index in [0.717, 1.165) is 6.42 Å². The van der Waals surface area contributed by atoms with Crippen LogP contribution in [0.4, 0.5) is 0 Å². The van der Waals surface area contributed by atoms with E-state index in [1.54, 1.807) is 12.3 Å². The van der Waals surface area contributed by atoms with E-state index in [4.69, 9.17) is 0 Å².